The van der Waals surface area contributed by atoms with E-state index in [0.29, 0.717) is 40.3 Å². The third-order valence-corrected chi connectivity index (χ3v) is 6.05. The highest BCUT2D eigenvalue weighted by Gasteiger charge is 2.26. The zero-order valence-electron chi connectivity index (χ0n) is 16.7. The summed E-state index contributed by atoms with van der Waals surface area (Å²) in [5, 5.41) is 15.4. The Hall–Kier alpha value is -2.57. The number of benzene rings is 2. The van der Waals surface area contributed by atoms with Crippen LogP contribution in [0.5, 0.6) is 5.75 Å². The summed E-state index contributed by atoms with van der Waals surface area (Å²) in [6.07, 6.45) is 1.34. The molecule has 2 aromatic rings. The molecule has 1 aliphatic heterocycles. The van der Waals surface area contributed by atoms with Gasteiger partial charge in [-0.15, -0.1) is 0 Å². The molecular weight excluding hydrogens is 388 g/mol. The molecule has 1 amide bonds. The quantitative estimate of drug-likeness (QED) is 0.760. The van der Waals surface area contributed by atoms with Gasteiger partial charge in [0.2, 0.25) is 0 Å². The fourth-order valence-corrected chi connectivity index (χ4v) is 4.28. The average Bonchev–Trinajstić information content (AvgIpc) is 3.16. The van der Waals surface area contributed by atoms with Gasteiger partial charge in [-0.2, -0.15) is 5.10 Å². The van der Waals surface area contributed by atoms with Crippen molar-refractivity contribution >= 4 is 28.9 Å². The molecule has 0 atom stereocenters. The Morgan fingerprint density at radius 1 is 1.17 bits per heavy atom. The van der Waals surface area contributed by atoms with Crippen LogP contribution >= 0.6 is 11.6 Å². The minimum atomic E-state index is -0.264. The predicted octanol–water partition coefficient (Wildman–Crippen LogP) is 3.19. The maximum Gasteiger partial charge on any atom is 0.271 e. The van der Waals surface area contributed by atoms with Gasteiger partial charge in [-0.1, -0.05) is 17.7 Å². The summed E-state index contributed by atoms with van der Waals surface area (Å²) in [5.41, 5.74) is 7.17. The number of hydrazone groups is 1. The number of hydrogen-bond donors (Lipinski definition) is 2. The highest BCUT2D eigenvalue weighted by molar-refractivity contribution is 6.32. The van der Waals surface area contributed by atoms with Crippen LogP contribution in [0.4, 0.5) is 5.69 Å². The first-order valence-corrected chi connectivity index (χ1v) is 10.2. The predicted molar refractivity (Wildman–Crippen MR) is 116 cm³/mol. The van der Waals surface area contributed by atoms with Crippen molar-refractivity contribution in [3.05, 3.63) is 57.6 Å². The number of fused-ring (bicyclic) bond motifs is 1. The maximum absolute atomic E-state index is 12.7. The Morgan fingerprint density at radius 3 is 2.69 bits per heavy atom. The Balaban J connectivity index is 1.51. The molecule has 7 heteroatoms. The van der Waals surface area contributed by atoms with Gasteiger partial charge in [0.1, 0.15) is 5.75 Å². The number of piperazine rings is 1. The van der Waals surface area contributed by atoms with Crippen molar-refractivity contribution in [1.29, 1.82) is 0 Å². The lowest BCUT2D eigenvalue weighted by atomic mass is 10.0. The number of phenols is 1. The van der Waals surface area contributed by atoms with E-state index in [1.165, 1.54) is 0 Å². The number of halogens is 1. The molecule has 0 saturated carbocycles. The SMILES string of the molecule is Cc1cc(Cl)c2c(c1O)/C(=N\NC(=O)c1cccc(N3CCN(C)CC3)c1)CC2. The number of amides is 1. The highest BCUT2D eigenvalue weighted by atomic mass is 35.5. The Morgan fingerprint density at radius 2 is 1.93 bits per heavy atom. The van der Waals surface area contributed by atoms with Crippen LogP contribution in [0.25, 0.3) is 0 Å². The molecule has 29 heavy (non-hydrogen) atoms. The van der Waals surface area contributed by atoms with E-state index in [1.54, 1.807) is 19.1 Å². The third-order valence-electron chi connectivity index (χ3n) is 5.71. The number of hydrogen-bond acceptors (Lipinski definition) is 5. The zero-order chi connectivity index (χ0) is 20.5. The lowest BCUT2D eigenvalue weighted by Gasteiger charge is -2.34. The molecule has 152 valence electrons. The van der Waals surface area contributed by atoms with Crippen LogP contribution in [0.2, 0.25) is 5.02 Å². The molecule has 0 spiro atoms. The highest BCUT2D eigenvalue weighted by Crippen LogP contribution is 2.37. The average molecular weight is 413 g/mol. The van der Waals surface area contributed by atoms with Crippen molar-refractivity contribution < 1.29 is 9.90 Å². The van der Waals surface area contributed by atoms with E-state index in [4.69, 9.17) is 11.6 Å². The van der Waals surface area contributed by atoms with Crippen molar-refractivity contribution in [3.8, 4) is 5.75 Å². The fraction of sp³-hybridized carbons (Fsp3) is 0.364. The molecule has 2 aliphatic rings. The number of aromatic hydroxyl groups is 1. The third kappa shape index (κ3) is 3.95. The van der Waals surface area contributed by atoms with E-state index in [-0.39, 0.29) is 11.7 Å². The normalized spacial score (nSPS) is 18.2. The molecule has 1 heterocycles. The maximum atomic E-state index is 12.7. The molecule has 1 fully saturated rings. The Labute approximate surface area is 175 Å². The zero-order valence-corrected chi connectivity index (χ0v) is 17.5. The first kappa shape index (κ1) is 19.7. The molecule has 2 aromatic carbocycles. The number of nitrogens with zero attached hydrogens (tertiary/aromatic N) is 3. The molecule has 1 saturated heterocycles. The van der Waals surface area contributed by atoms with Crippen LogP contribution in [-0.2, 0) is 6.42 Å². The molecule has 0 aromatic heterocycles. The first-order chi connectivity index (χ1) is 13.9. The van der Waals surface area contributed by atoms with Gasteiger partial charge >= 0.3 is 0 Å². The van der Waals surface area contributed by atoms with Crippen molar-refractivity contribution in [3.63, 3.8) is 0 Å². The van der Waals surface area contributed by atoms with Crippen molar-refractivity contribution in [1.82, 2.24) is 10.3 Å². The van der Waals surface area contributed by atoms with E-state index in [1.807, 2.05) is 18.2 Å². The smallest absolute Gasteiger partial charge is 0.271 e. The van der Waals surface area contributed by atoms with E-state index in [9.17, 15) is 9.90 Å². The number of rotatable bonds is 3. The van der Waals surface area contributed by atoms with Gasteiger partial charge < -0.3 is 14.9 Å². The number of carbonyl (C=O) groups is 1. The second-order valence-electron chi connectivity index (χ2n) is 7.72. The molecule has 4 rings (SSSR count). The summed E-state index contributed by atoms with van der Waals surface area (Å²) in [6, 6.07) is 9.39. The Kier molecular flexibility index (Phi) is 5.48. The van der Waals surface area contributed by atoms with Gasteiger partial charge in [-0.05, 0) is 62.2 Å². The summed E-state index contributed by atoms with van der Waals surface area (Å²) < 4.78 is 0. The van der Waals surface area contributed by atoms with Gasteiger partial charge in [0.05, 0.1) is 5.71 Å². The topological polar surface area (TPSA) is 68.2 Å². The summed E-state index contributed by atoms with van der Waals surface area (Å²) in [7, 11) is 2.12. The molecule has 0 radical (unpaired) electrons. The molecule has 2 N–H and O–H groups in total. The summed E-state index contributed by atoms with van der Waals surface area (Å²) >= 11 is 6.31. The van der Waals surface area contributed by atoms with E-state index >= 15 is 0 Å². The van der Waals surface area contributed by atoms with Crippen LogP contribution in [0.3, 0.4) is 0 Å². The van der Waals surface area contributed by atoms with E-state index < -0.39 is 0 Å². The molecule has 6 nitrogen and oxygen atoms in total. The molecule has 0 bridgehead atoms. The monoisotopic (exact) mass is 412 g/mol. The van der Waals surface area contributed by atoms with Gasteiger partial charge in [0.25, 0.3) is 5.91 Å². The largest absolute Gasteiger partial charge is 0.507 e. The van der Waals surface area contributed by atoms with Crippen molar-refractivity contribution in [2.45, 2.75) is 19.8 Å². The fourth-order valence-electron chi connectivity index (χ4n) is 3.93. The summed E-state index contributed by atoms with van der Waals surface area (Å²) in [4.78, 5) is 17.3. The standard InChI is InChI=1S/C22H25ClN4O2/c1-14-12-18(23)17-6-7-19(20(17)21(14)28)24-25-22(29)15-4-3-5-16(13-15)27-10-8-26(2)9-11-27/h3-5,12-13,28H,6-11H2,1-2H3,(H,25,29)/b24-19-. The lowest BCUT2D eigenvalue weighted by molar-refractivity contribution is 0.0955. The number of anilines is 1. The minimum Gasteiger partial charge on any atom is -0.507 e. The lowest BCUT2D eigenvalue weighted by Crippen LogP contribution is -2.44. The van der Waals surface area contributed by atoms with Gasteiger partial charge in [-0.3, -0.25) is 4.79 Å². The number of aryl methyl sites for hydroxylation is 1. The van der Waals surface area contributed by atoms with E-state index in [0.717, 1.165) is 37.4 Å². The van der Waals surface area contributed by atoms with Crippen LogP contribution in [0.15, 0.2) is 35.4 Å². The second-order valence-corrected chi connectivity index (χ2v) is 8.12. The van der Waals surface area contributed by atoms with Crippen molar-refractivity contribution in [2.24, 2.45) is 5.10 Å². The minimum absolute atomic E-state index is 0.187. The van der Waals surface area contributed by atoms with Gasteiger partial charge in [0.15, 0.2) is 0 Å². The summed E-state index contributed by atoms with van der Waals surface area (Å²) in [5.74, 6) is -0.0767. The number of likely N-dealkylation sites (N-methyl/N-ethyl adjacent to an activating group) is 1. The van der Waals surface area contributed by atoms with Crippen LogP contribution < -0.4 is 10.3 Å². The van der Waals surface area contributed by atoms with Crippen LogP contribution in [-0.4, -0.2) is 54.9 Å². The first-order valence-electron chi connectivity index (χ1n) is 9.86. The number of phenolic OH excluding ortho intramolecular Hbond substituents is 1. The molecule has 1 aliphatic carbocycles. The number of carbonyl (C=O) groups excluding carboxylic acids is 1. The van der Waals surface area contributed by atoms with Crippen LogP contribution in [0.1, 0.15) is 33.5 Å². The van der Waals surface area contributed by atoms with Crippen LogP contribution in [0, 0.1) is 6.92 Å². The van der Waals surface area contributed by atoms with Crippen molar-refractivity contribution in [2.75, 3.05) is 38.1 Å². The molecule has 0 unspecified atom stereocenters. The Bertz CT molecular complexity index is 981. The molecular formula is C22H25ClN4O2. The van der Waals surface area contributed by atoms with Gasteiger partial charge in [0, 0.05) is 48.0 Å². The summed E-state index contributed by atoms with van der Waals surface area (Å²) in [6.45, 7) is 5.71. The second kappa shape index (κ2) is 8.05. The number of nitrogens with one attached hydrogen (secondary N) is 1. The van der Waals surface area contributed by atoms with E-state index in [2.05, 4.69) is 27.4 Å². The van der Waals surface area contributed by atoms with Gasteiger partial charge in [-0.25, -0.2) is 5.43 Å².